The van der Waals surface area contributed by atoms with Crippen molar-refractivity contribution >= 4 is 29.1 Å². The lowest BCUT2D eigenvalue weighted by atomic mass is 9.94. The first-order valence-electron chi connectivity index (χ1n) is 9.76. The Bertz CT molecular complexity index is 875. The minimum Gasteiger partial charge on any atom is -0.355 e. The summed E-state index contributed by atoms with van der Waals surface area (Å²) in [6, 6.07) is 18.9. The van der Waals surface area contributed by atoms with E-state index in [9.17, 15) is 0 Å². The fraction of sp³-hybridized carbons (Fsp3) is 0.364. The lowest BCUT2D eigenvalue weighted by Crippen LogP contribution is -2.47. The molecule has 3 aliphatic rings. The van der Waals surface area contributed by atoms with Crippen LogP contribution >= 0.6 is 11.6 Å². The van der Waals surface area contributed by atoms with Crippen molar-refractivity contribution in [2.24, 2.45) is 15.9 Å². The van der Waals surface area contributed by atoms with Crippen LogP contribution in [0.2, 0.25) is 5.02 Å². The van der Waals surface area contributed by atoms with Crippen LogP contribution in [0.15, 0.2) is 64.6 Å². The molecule has 0 aliphatic carbocycles. The number of guanidine groups is 1. The molecule has 0 radical (unpaired) electrons. The predicted molar refractivity (Wildman–Crippen MR) is 111 cm³/mol. The minimum atomic E-state index is 0.542. The molecule has 138 valence electrons. The zero-order valence-electron chi connectivity index (χ0n) is 15.3. The highest BCUT2D eigenvalue weighted by Gasteiger charge is 2.44. The Balaban J connectivity index is 1.48. The van der Waals surface area contributed by atoms with E-state index in [-0.39, 0.29) is 0 Å². The van der Waals surface area contributed by atoms with Crippen LogP contribution in [0.1, 0.15) is 24.8 Å². The number of likely N-dealkylation sites (tertiary alicyclic amines) is 1. The molecule has 0 amide bonds. The number of rotatable bonds is 3. The van der Waals surface area contributed by atoms with Gasteiger partial charge in [-0.25, -0.2) is 4.99 Å². The Morgan fingerprint density at radius 3 is 2.63 bits per heavy atom. The number of halogens is 1. The van der Waals surface area contributed by atoms with Crippen molar-refractivity contribution in [3.05, 3.63) is 65.2 Å². The molecule has 0 aromatic heterocycles. The van der Waals surface area contributed by atoms with E-state index in [1.807, 2.05) is 24.3 Å². The molecule has 0 spiro atoms. The fourth-order valence-corrected chi connectivity index (χ4v) is 4.73. The van der Waals surface area contributed by atoms with Crippen LogP contribution in [0.3, 0.4) is 0 Å². The second kappa shape index (κ2) is 7.01. The summed E-state index contributed by atoms with van der Waals surface area (Å²) in [4.78, 5) is 14.8. The number of benzene rings is 2. The maximum Gasteiger partial charge on any atom is 0.227 e. The number of nitrogens with zero attached hydrogens (tertiary/aromatic N) is 4. The molecule has 2 aromatic rings. The Kier molecular flexibility index (Phi) is 4.36. The van der Waals surface area contributed by atoms with Gasteiger partial charge >= 0.3 is 0 Å². The summed E-state index contributed by atoms with van der Waals surface area (Å²) in [6.45, 7) is 3.07. The Morgan fingerprint density at radius 1 is 1.00 bits per heavy atom. The molecule has 2 unspecified atom stereocenters. The van der Waals surface area contributed by atoms with Gasteiger partial charge in [0.05, 0.1) is 5.69 Å². The third-order valence-electron chi connectivity index (χ3n) is 5.87. The fourth-order valence-electron chi connectivity index (χ4n) is 4.60. The van der Waals surface area contributed by atoms with Crippen molar-refractivity contribution in [3.63, 3.8) is 0 Å². The summed E-state index contributed by atoms with van der Waals surface area (Å²) in [5.74, 6) is 2.64. The highest BCUT2D eigenvalue weighted by molar-refractivity contribution is 6.30. The molecule has 2 atom stereocenters. The molecule has 2 aromatic carbocycles. The van der Waals surface area contributed by atoms with E-state index in [2.05, 4.69) is 40.1 Å². The molecule has 4 nitrogen and oxygen atoms in total. The maximum atomic E-state index is 6.02. The number of hydrogen-bond acceptors (Lipinski definition) is 2. The van der Waals surface area contributed by atoms with Gasteiger partial charge in [-0.1, -0.05) is 41.9 Å². The number of aliphatic imine (C=N–C) groups is 2. The molecule has 3 heterocycles. The largest absolute Gasteiger partial charge is 0.355 e. The summed E-state index contributed by atoms with van der Waals surface area (Å²) in [5.41, 5.74) is 2.25. The average Bonchev–Trinajstić information content (AvgIpc) is 3.32. The summed E-state index contributed by atoms with van der Waals surface area (Å²) in [7, 11) is 0. The number of amidine groups is 1. The van der Waals surface area contributed by atoms with Gasteiger partial charge in [-0.05, 0) is 49.1 Å². The highest BCUT2D eigenvalue weighted by atomic mass is 35.5. The topological polar surface area (TPSA) is 31.2 Å². The van der Waals surface area contributed by atoms with Crippen LogP contribution < -0.4 is 0 Å². The summed E-state index contributed by atoms with van der Waals surface area (Å²) in [6.07, 6.45) is 3.66. The number of hydrogen-bond donors (Lipinski definition) is 0. The third-order valence-corrected chi connectivity index (χ3v) is 6.12. The van der Waals surface area contributed by atoms with Crippen molar-refractivity contribution in [1.82, 2.24) is 9.80 Å². The molecule has 2 saturated heterocycles. The van der Waals surface area contributed by atoms with Crippen molar-refractivity contribution in [2.75, 3.05) is 13.1 Å². The Morgan fingerprint density at radius 2 is 1.81 bits per heavy atom. The van der Waals surface area contributed by atoms with Gasteiger partial charge in [-0.3, -0.25) is 0 Å². The summed E-state index contributed by atoms with van der Waals surface area (Å²) >= 11 is 6.02. The zero-order valence-corrected chi connectivity index (χ0v) is 16.0. The van der Waals surface area contributed by atoms with E-state index in [1.165, 1.54) is 30.7 Å². The zero-order chi connectivity index (χ0) is 18.2. The molecule has 3 aliphatic heterocycles. The van der Waals surface area contributed by atoms with Crippen LogP contribution in [-0.4, -0.2) is 40.7 Å². The first-order valence-corrected chi connectivity index (χ1v) is 10.1. The van der Waals surface area contributed by atoms with Gasteiger partial charge in [0.25, 0.3) is 0 Å². The van der Waals surface area contributed by atoms with Gasteiger partial charge in [-0.15, -0.1) is 0 Å². The molecule has 5 rings (SSSR count). The lowest BCUT2D eigenvalue weighted by Gasteiger charge is -2.36. The van der Waals surface area contributed by atoms with E-state index in [1.54, 1.807) is 0 Å². The van der Waals surface area contributed by atoms with Gasteiger partial charge in [0, 0.05) is 36.6 Å². The van der Waals surface area contributed by atoms with Gasteiger partial charge in [-0.2, -0.15) is 4.99 Å². The van der Waals surface area contributed by atoms with E-state index in [0.29, 0.717) is 12.0 Å². The van der Waals surface area contributed by atoms with E-state index < -0.39 is 0 Å². The van der Waals surface area contributed by atoms with E-state index in [4.69, 9.17) is 21.6 Å². The second-order valence-corrected chi connectivity index (χ2v) is 8.00. The molecular weight excluding hydrogens is 356 g/mol. The molecular formula is C22H23ClN4. The van der Waals surface area contributed by atoms with Crippen molar-refractivity contribution < 1.29 is 0 Å². The summed E-state index contributed by atoms with van der Waals surface area (Å²) < 4.78 is 0. The highest BCUT2D eigenvalue weighted by Crippen LogP contribution is 2.37. The van der Waals surface area contributed by atoms with Crippen LogP contribution in [-0.2, 0) is 6.54 Å². The molecule has 27 heavy (non-hydrogen) atoms. The summed E-state index contributed by atoms with van der Waals surface area (Å²) in [5, 5.41) is 0.734. The molecule has 2 fully saturated rings. The molecule has 0 N–H and O–H groups in total. The van der Waals surface area contributed by atoms with Crippen molar-refractivity contribution in [2.45, 2.75) is 31.8 Å². The number of fused-ring (bicyclic) bond motifs is 3. The second-order valence-electron chi connectivity index (χ2n) is 7.56. The quantitative estimate of drug-likeness (QED) is 0.773. The monoisotopic (exact) mass is 378 g/mol. The van der Waals surface area contributed by atoms with E-state index in [0.717, 1.165) is 36.3 Å². The first-order chi connectivity index (χ1) is 13.3. The normalized spacial score (nSPS) is 25.5. The van der Waals surface area contributed by atoms with Gasteiger partial charge in [0.1, 0.15) is 5.84 Å². The predicted octanol–water partition coefficient (Wildman–Crippen LogP) is 4.73. The van der Waals surface area contributed by atoms with Crippen molar-refractivity contribution in [3.8, 4) is 0 Å². The minimum absolute atomic E-state index is 0.542. The lowest BCUT2D eigenvalue weighted by molar-refractivity contribution is 0.318. The molecule has 5 heteroatoms. The van der Waals surface area contributed by atoms with Crippen LogP contribution in [0.5, 0.6) is 0 Å². The van der Waals surface area contributed by atoms with Crippen LogP contribution in [0.4, 0.5) is 5.69 Å². The van der Waals surface area contributed by atoms with Crippen LogP contribution in [0, 0.1) is 5.92 Å². The van der Waals surface area contributed by atoms with Crippen LogP contribution in [0.25, 0.3) is 0 Å². The van der Waals surface area contributed by atoms with Gasteiger partial charge in [0.2, 0.25) is 5.96 Å². The SMILES string of the molecule is Clc1ccc(N=C2N=C3C(CCN3Cc3ccccc3)C3CCCN23)cc1. The van der Waals surface area contributed by atoms with Crippen molar-refractivity contribution in [1.29, 1.82) is 0 Å². The standard InChI is InChI=1S/C22H23ClN4/c23-17-8-10-18(11-9-17)24-22-25-21-19(20-7-4-13-27(20)22)12-14-26(21)15-16-5-2-1-3-6-16/h1-3,5-6,8-11,19-20H,4,7,12-15H2. The van der Waals surface area contributed by atoms with Gasteiger partial charge in [0.15, 0.2) is 0 Å². The molecule has 0 bridgehead atoms. The maximum absolute atomic E-state index is 6.02. The average molecular weight is 379 g/mol. The Labute approximate surface area is 165 Å². The first kappa shape index (κ1) is 16.8. The smallest absolute Gasteiger partial charge is 0.227 e. The Hall–Kier alpha value is -2.33. The van der Waals surface area contributed by atoms with E-state index >= 15 is 0 Å². The third kappa shape index (κ3) is 3.23. The van der Waals surface area contributed by atoms with Gasteiger partial charge < -0.3 is 9.80 Å². The molecule has 0 saturated carbocycles.